The van der Waals surface area contributed by atoms with Gasteiger partial charge in [-0.3, -0.25) is 0 Å². The third-order valence-corrected chi connectivity index (χ3v) is 6.10. The van der Waals surface area contributed by atoms with E-state index in [0.717, 1.165) is 25.3 Å². The molecule has 0 amide bonds. The van der Waals surface area contributed by atoms with Crippen LogP contribution in [-0.2, 0) is 19.1 Å². The average Bonchev–Trinajstić information content (AvgIpc) is 2.78. The van der Waals surface area contributed by atoms with Crippen LogP contribution in [0.15, 0.2) is 12.3 Å². The summed E-state index contributed by atoms with van der Waals surface area (Å²) in [5, 5.41) is 0. The molecule has 0 saturated heterocycles. The van der Waals surface area contributed by atoms with E-state index in [9.17, 15) is 13.2 Å². The molecule has 8 heteroatoms. The summed E-state index contributed by atoms with van der Waals surface area (Å²) in [6.45, 7) is 22.0. The quantitative estimate of drug-likeness (QED) is 0.417. The highest BCUT2D eigenvalue weighted by Crippen LogP contribution is 2.35. The van der Waals surface area contributed by atoms with Crippen molar-refractivity contribution in [2.24, 2.45) is 11.7 Å². The van der Waals surface area contributed by atoms with Gasteiger partial charge in [-0.1, -0.05) is 61.5 Å². The maximum absolute atomic E-state index is 13.6. The normalized spacial score (nSPS) is 15.6. The number of rotatable bonds is 11. The number of nitrogens with two attached hydrogens (primary N) is 1. The molecule has 0 radical (unpaired) electrons. The summed E-state index contributed by atoms with van der Waals surface area (Å²) < 4.78 is 40.8. The Morgan fingerprint density at radius 2 is 1.79 bits per heavy atom. The Morgan fingerprint density at radius 3 is 2.32 bits per heavy atom. The smallest absolute Gasteiger partial charge is 0.369 e. The topological polar surface area (TPSA) is 58.3 Å². The molecule has 0 aliphatic carbocycles. The molecule has 1 aromatic heterocycles. The maximum Gasteiger partial charge on any atom is 0.433 e. The summed E-state index contributed by atoms with van der Waals surface area (Å²) in [6.07, 6.45) is -1.23. The second-order valence-corrected chi connectivity index (χ2v) is 9.46. The minimum absolute atomic E-state index is 0.0694. The highest BCUT2D eigenvalue weighted by atomic mass is 19.4. The van der Waals surface area contributed by atoms with E-state index < -0.39 is 11.9 Å². The summed E-state index contributed by atoms with van der Waals surface area (Å²) in [7, 11) is 0. The van der Waals surface area contributed by atoms with Crippen molar-refractivity contribution in [3.05, 3.63) is 35.1 Å². The van der Waals surface area contributed by atoms with Crippen LogP contribution in [0.4, 0.5) is 13.2 Å². The molecule has 0 fully saturated rings. The fraction of sp³-hybridized carbons (Fsp3) is 0.769. The van der Waals surface area contributed by atoms with E-state index in [2.05, 4.69) is 42.2 Å². The third kappa shape index (κ3) is 8.84. The summed E-state index contributed by atoms with van der Waals surface area (Å²) in [5.41, 5.74) is 7.20. The number of aromatic nitrogens is 2. The molecular weight excluding hydrogens is 439 g/mol. The van der Waals surface area contributed by atoms with Crippen LogP contribution in [0.2, 0.25) is 0 Å². The Bertz CT molecular complexity index is 764. The van der Waals surface area contributed by atoms with Crippen molar-refractivity contribution in [1.82, 2.24) is 19.8 Å². The van der Waals surface area contributed by atoms with Gasteiger partial charge in [0.15, 0.2) is 5.69 Å². The van der Waals surface area contributed by atoms with Crippen LogP contribution in [0.3, 0.4) is 0 Å². The van der Waals surface area contributed by atoms with E-state index in [-0.39, 0.29) is 29.8 Å². The second-order valence-electron chi connectivity index (χ2n) is 9.46. The van der Waals surface area contributed by atoms with Gasteiger partial charge in [-0.05, 0) is 25.3 Å². The summed E-state index contributed by atoms with van der Waals surface area (Å²) in [5.74, 6) is 0.690. The number of alkyl halides is 3. The lowest BCUT2D eigenvalue weighted by Gasteiger charge is -2.34. The average molecular weight is 486 g/mol. The Kier molecular flexibility index (Phi) is 12.5. The summed E-state index contributed by atoms with van der Waals surface area (Å²) >= 11 is 0. The van der Waals surface area contributed by atoms with Crippen molar-refractivity contribution >= 4 is 0 Å². The van der Waals surface area contributed by atoms with Gasteiger partial charge >= 0.3 is 6.18 Å². The van der Waals surface area contributed by atoms with Gasteiger partial charge < -0.3 is 15.5 Å². The van der Waals surface area contributed by atoms with Crippen LogP contribution in [0.5, 0.6) is 0 Å². The molecule has 34 heavy (non-hydrogen) atoms. The van der Waals surface area contributed by atoms with Crippen molar-refractivity contribution in [1.29, 1.82) is 0 Å². The van der Waals surface area contributed by atoms with Gasteiger partial charge in [0.2, 0.25) is 0 Å². The Balaban J connectivity index is 0.00000281. The zero-order valence-corrected chi connectivity index (χ0v) is 22.3. The molecule has 0 unspecified atom stereocenters. The molecule has 0 spiro atoms. The predicted octanol–water partition coefficient (Wildman–Crippen LogP) is 5.99. The van der Waals surface area contributed by atoms with Crippen LogP contribution in [0.1, 0.15) is 96.4 Å². The zero-order valence-electron chi connectivity index (χ0n) is 22.3. The van der Waals surface area contributed by atoms with E-state index in [1.54, 1.807) is 13.8 Å². The first kappa shape index (κ1) is 30.4. The van der Waals surface area contributed by atoms with E-state index in [1.807, 2.05) is 18.7 Å². The lowest BCUT2D eigenvalue weighted by atomic mass is 10.00. The van der Waals surface area contributed by atoms with E-state index in [0.29, 0.717) is 31.1 Å². The van der Waals surface area contributed by atoms with E-state index >= 15 is 0 Å². The van der Waals surface area contributed by atoms with Gasteiger partial charge in [0.1, 0.15) is 5.82 Å². The first-order valence-electron chi connectivity index (χ1n) is 12.8. The predicted molar refractivity (Wildman–Crippen MR) is 135 cm³/mol. The second kappa shape index (κ2) is 14.0. The molecule has 5 nitrogen and oxygen atoms in total. The van der Waals surface area contributed by atoms with Gasteiger partial charge in [-0.25, -0.2) is 9.97 Å². The van der Waals surface area contributed by atoms with Crippen LogP contribution < -0.4 is 5.73 Å². The van der Waals surface area contributed by atoms with Crippen molar-refractivity contribution in [2.45, 2.75) is 98.8 Å². The third-order valence-electron chi connectivity index (χ3n) is 6.10. The molecule has 0 aromatic carbocycles. The number of halogens is 3. The monoisotopic (exact) mass is 485 g/mol. The minimum Gasteiger partial charge on any atom is -0.369 e. The van der Waals surface area contributed by atoms with Crippen LogP contribution in [-0.4, -0.2) is 52.0 Å². The molecule has 0 saturated carbocycles. The molecule has 2 N–H and O–H groups in total. The van der Waals surface area contributed by atoms with Crippen LogP contribution in [0, 0.1) is 5.92 Å². The number of fused-ring (bicyclic) bond motifs is 1. The SMILES string of the molecule is C=C(C[C@H](N)CN(CC)C[C@H](C)CCC)N1CCc2c(nc(C(C)C)nc2C(F)(F)F)C1.CC. The Labute approximate surface area is 205 Å². The van der Waals surface area contributed by atoms with Gasteiger partial charge in [0.05, 0.1) is 12.2 Å². The fourth-order valence-electron chi connectivity index (χ4n) is 4.40. The van der Waals surface area contributed by atoms with Crippen LogP contribution in [0.25, 0.3) is 0 Å². The number of hydrogen-bond acceptors (Lipinski definition) is 5. The molecule has 1 aromatic rings. The van der Waals surface area contributed by atoms with Crippen molar-refractivity contribution in [3.8, 4) is 0 Å². The lowest BCUT2D eigenvalue weighted by Crippen LogP contribution is -2.41. The standard InChI is InChI=1S/C24H40F3N5.C2H6/c1-7-9-17(5)13-31(8-2)14-19(28)12-18(6)32-11-10-20-21(15-32)29-23(16(3)4)30-22(20)24(25,26)27;1-2/h16-17,19H,6-15,28H2,1-5H3;1-2H3/t17-,19+;/m1./s1. The number of hydrogen-bond donors (Lipinski definition) is 1. The van der Waals surface area contributed by atoms with E-state index in [1.165, 1.54) is 12.8 Å². The highest BCUT2D eigenvalue weighted by molar-refractivity contribution is 5.32. The minimum atomic E-state index is -4.48. The Morgan fingerprint density at radius 1 is 1.15 bits per heavy atom. The van der Waals surface area contributed by atoms with Crippen molar-refractivity contribution < 1.29 is 13.2 Å². The van der Waals surface area contributed by atoms with Gasteiger partial charge in [0.25, 0.3) is 0 Å². The van der Waals surface area contributed by atoms with Gasteiger partial charge in [-0.2, -0.15) is 13.2 Å². The number of nitrogens with zero attached hydrogens (tertiary/aromatic N) is 4. The van der Waals surface area contributed by atoms with Gasteiger partial charge in [0, 0.05) is 49.3 Å². The van der Waals surface area contributed by atoms with Crippen LogP contribution >= 0.6 is 0 Å². The number of likely N-dealkylation sites (N-methyl/N-ethyl adjacent to an activating group) is 1. The first-order chi connectivity index (χ1) is 16.0. The van der Waals surface area contributed by atoms with Crippen molar-refractivity contribution in [2.75, 3.05) is 26.2 Å². The molecule has 2 atom stereocenters. The molecule has 0 bridgehead atoms. The fourth-order valence-corrected chi connectivity index (χ4v) is 4.40. The zero-order chi connectivity index (χ0) is 26.1. The molecule has 196 valence electrons. The first-order valence-corrected chi connectivity index (χ1v) is 12.8. The van der Waals surface area contributed by atoms with Crippen molar-refractivity contribution in [3.63, 3.8) is 0 Å². The largest absolute Gasteiger partial charge is 0.433 e. The summed E-state index contributed by atoms with van der Waals surface area (Å²) in [6, 6.07) is -0.0694. The van der Waals surface area contributed by atoms with Gasteiger partial charge in [-0.15, -0.1) is 0 Å². The van der Waals surface area contributed by atoms with E-state index in [4.69, 9.17) is 5.73 Å². The molecule has 1 aliphatic heterocycles. The molecular formula is C26H46F3N5. The maximum atomic E-state index is 13.6. The molecule has 1 aliphatic rings. The Hall–Kier alpha value is -1.67. The summed E-state index contributed by atoms with van der Waals surface area (Å²) in [4.78, 5) is 12.7. The molecule has 2 heterocycles. The lowest BCUT2D eigenvalue weighted by molar-refractivity contribution is -0.142. The highest BCUT2D eigenvalue weighted by Gasteiger charge is 2.39. The molecule has 2 rings (SSSR count).